The van der Waals surface area contributed by atoms with Crippen LogP contribution in [0.2, 0.25) is 0 Å². The first-order valence-corrected chi connectivity index (χ1v) is 8.07. The van der Waals surface area contributed by atoms with Crippen LogP contribution in [0.5, 0.6) is 0 Å². The van der Waals surface area contributed by atoms with Gasteiger partial charge in [-0.2, -0.15) is 0 Å². The Morgan fingerprint density at radius 3 is 2.63 bits per heavy atom. The summed E-state index contributed by atoms with van der Waals surface area (Å²) in [4.78, 5) is 1.16. The van der Waals surface area contributed by atoms with Gasteiger partial charge >= 0.3 is 0 Å². The van der Waals surface area contributed by atoms with E-state index in [1.807, 2.05) is 6.92 Å². The first kappa shape index (κ1) is 15.1. The number of hydrogen-bond donors (Lipinski definition) is 2. The highest BCUT2D eigenvalue weighted by molar-refractivity contribution is 9.11. The lowest BCUT2D eigenvalue weighted by molar-refractivity contribution is 0.558. The van der Waals surface area contributed by atoms with E-state index in [2.05, 4.69) is 43.4 Å². The van der Waals surface area contributed by atoms with Crippen molar-refractivity contribution in [1.29, 1.82) is 0 Å². The van der Waals surface area contributed by atoms with Crippen LogP contribution >= 0.6 is 43.2 Å². The molecule has 2 nitrogen and oxygen atoms in total. The van der Waals surface area contributed by atoms with Gasteiger partial charge in [0.2, 0.25) is 0 Å². The largest absolute Gasteiger partial charge is 0.271 e. The van der Waals surface area contributed by atoms with E-state index in [-0.39, 0.29) is 11.9 Å². The Balaban J connectivity index is 2.21. The van der Waals surface area contributed by atoms with Crippen LogP contribution in [-0.4, -0.2) is 0 Å². The molecule has 1 atom stereocenters. The minimum atomic E-state index is -0.254. The maximum atomic E-state index is 13.2. The third-order valence-corrected chi connectivity index (χ3v) is 5.70. The lowest BCUT2D eigenvalue weighted by atomic mass is 10.0. The predicted molar refractivity (Wildman–Crippen MR) is 84.6 cm³/mol. The molecule has 1 unspecified atom stereocenters. The van der Waals surface area contributed by atoms with Crippen LogP contribution in [0.15, 0.2) is 32.5 Å². The van der Waals surface area contributed by atoms with Gasteiger partial charge < -0.3 is 0 Å². The predicted octanol–water partition coefficient (Wildman–Crippen LogP) is 4.47. The minimum Gasteiger partial charge on any atom is -0.271 e. The van der Waals surface area contributed by atoms with Crippen molar-refractivity contribution < 1.29 is 4.39 Å². The van der Waals surface area contributed by atoms with Crippen molar-refractivity contribution in [2.24, 2.45) is 5.84 Å². The number of hydrogen-bond acceptors (Lipinski definition) is 3. The van der Waals surface area contributed by atoms with E-state index in [1.165, 1.54) is 11.6 Å². The summed E-state index contributed by atoms with van der Waals surface area (Å²) in [5.41, 5.74) is 5.04. The summed E-state index contributed by atoms with van der Waals surface area (Å²) in [6, 6.07) is 7.16. The summed E-state index contributed by atoms with van der Waals surface area (Å²) in [5.74, 6) is 5.38. The zero-order valence-electron chi connectivity index (χ0n) is 10.2. The van der Waals surface area contributed by atoms with Gasteiger partial charge in [-0.05, 0) is 74.5 Å². The summed E-state index contributed by atoms with van der Waals surface area (Å²) in [6.07, 6.45) is 0.710. The fourth-order valence-electron chi connectivity index (χ4n) is 1.80. The number of nitrogens with two attached hydrogens (primary N) is 1. The van der Waals surface area contributed by atoms with Gasteiger partial charge in [-0.15, -0.1) is 11.3 Å². The highest BCUT2D eigenvalue weighted by Gasteiger charge is 2.15. The molecule has 1 aromatic heterocycles. The van der Waals surface area contributed by atoms with Gasteiger partial charge in [0.15, 0.2) is 0 Å². The Hall–Kier alpha value is -0.270. The maximum absolute atomic E-state index is 13.2. The first-order chi connectivity index (χ1) is 9.01. The molecule has 0 aliphatic rings. The van der Waals surface area contributed by atoms with Crippen LogP contribution in [-0.2, 0) is 6.42 Å². The van der Waals surface area contributed by atoms with E-state index in [0.717, 1.165) is 14.2 Å². The molecule has 0 fully saturated rings. The van der Waals surface area contributed by atoms with Crippen LogP contribution in [0.3, 0.4) is 0 Å². The topological polar surface area (TPSA) is 38.0 Å². The molecule has 1 heterocycles. The standard InChI is InChI=1S/C13H13Br2FN2S/c1-7-4-12(19-13(7)15)11(18-17)6-8-2-3-10(16)9(14)5-8/h2-5,11,18H,6,17H2,1H3. The van der Waals surface area contributed by atoms with Gasteiger partial charge in [0.05, 0.1) is 14.3 Å². The zero-order chi connectivity index (χ0) is 14.0. The summed E-state index contributed by atoms with van der Waals surface area (Å²) in [6.45, 7) is 2.05. The molecule has 3 N–H and O–H groups in total. The van der Waals surface area contributed by atoms with Gasteiger partial charge in [-0.3, -0.25) is 11.3 Å². The number of hydrazine groups is 1. The summed E-state index contributed by atoms with van der Waals surface area (Å²) in [5, 5.41) is 0. The highest BCUT2D eigenvalue weighted by atomic mass is 79.9. The van der Waals surface area contributed by atoms with Crippen molar-refractivity contribution in [1.82, 2.24) is 5.43 Å². The van der Waals surface area contributed by atoms with E-state index in [9.17, 15) is 4.39 Å². The van der Waals surface area contributed by atoms with Crippen molar-refractivity contribution in [2.45, 2.75) is 19.4 Å². The van der Waals surface area contributed by atoms with Crippen molar-refractivity contribution in [3.05, 3.63) is 54.3 Å². The van der Waals surface area contributed by atoms with Crippen LogP contribution in [0.25, 0.3) is 0 Å². The molecule has 2 aromatic rings. The summed E-state index contributed by atoms with van der Waals surface area (Å²) < 4.78 is 14.8. The molecule has 0 saturated heterocycles. The number of halogens is 3. The molecule has 0 aliphatic heterocycles. The zero-order valence-corrected chi connectivity index (χ0v) is 14.2. The summed E-state index contributed by atoms with van der Waals surface area (Å²) in [7, 11) is 0. The minimum absolute atomic E-state index is 0.0207. The van der Waals surface area contributed by atoms with Crippen LogP contribution in [0.1, 0.15) is 22.0 Å². The van der Waals surface area contributed by atoms with Crippen molar-refractivity contribution >= 4 is 43.2 Å². The third kappa shape index (κ3) is 3.64. The molecular weight excluding hydrogens is 395 g/mol. The Bertz CT molecular complexity index is 567. The molecule has 0 aliphatic carbocycles. The Morgan fingerprint density at radius 1 is 1.37 bits per heavy atom. The van der Waals surface area contributed by atoms with Crippen LogP contribution in [0.4, 0.5) is 4.39 Å². The van der Waals surface area contributed by atoms with Gasteiger partial charge in [-0.25, -0.2) is 4.39 Å². The van der Waals surface area contributed by atoms with E-state index >= 15 is 0 Å². The second-order valence-corrected chi connectivity index (χ2v) is 7.53. The maximum Gasteiger partial charge on any atom is 0.137 e. The highest BCUT2D eigenvalue weighted by Crippen LogP contribution is 2.32. The second kappa shape index (κ2) is 6.45. The van der Waals surface area contributed by atoms with E-state index in [0.29, 0.717) is 10.9 Å². The smallest absolute Gasteiger partial charge is 0.137 e. The molecule has 1 aromatic carbocycles. The molecule has 19 heavy (non-hydrogen) atoms. The number of benzene rings is 1. The fraction of sp³-hybridized carbons (Fsp3) is 0.231. The van der Waals surface area contributed by atoms with Gasteiger partial charge in [0.1, 0.15) is 5.82 Å². The summed E-state index contributed by atoms with van der Waals surface area (Å²) >= 11 is 8.37. The number of thiophene rings is 1. The molecule has 2 rings (SSSR count). The Labute approximate surface area is 132 Å². The van der Waals surface area contributed by atoms with Crippen molar-refractivity contribution in [3.63, 3.8) is 0 Å². The lowest BCUT2D eigenvalue weighted by Crippen LogP contribution is -2.28. The first-order valence-electron chi connectivity index (χ1n) is 5.67. The third-order valence-electron chi connectivity index (χ3n) is 2.84. The van der Waals surface area contributed by atoms with Crippen molar-refractivity contribution in [3.8, 4) is 0 Å². The molecule has 6 heteroatoms. The molecule has 102 valence electrons. The molecule has 0 radical (unpaired) electrons. The quantitative estimate of drug-likeness (QED) is 0.579. The van der Waals surface area contributed by atoms with E-state index in [4.69, 9.17) is 5.84 Å². The van der Waals surface area contributed by atoms with Crippen molar-refractivity contribution in [2.75, 3.05) is 0 Å². The second-order valence-electron chi connectivity index (χ2n) is 4.28. The molecule has 0 bridgehead atoms. The normalized spacial score (nSPS) is 12.7. The number of aryl methyl sites for hydroxylation is 1. The Morgan fingerprint density at radius 2 is 2.11 bits per heavy atom. The lowest BCUT2D eigenvalue weighted by Gasteiger charge is -2.14. The van der Waals surface area contributed by atoms with Gasteiger partial charge in [0.25, 0.3) is 0 Å². The molecule has 0 amide bonds. The fourth-order valence-corrected chi connectivity index (χ4v) is 3.86. The van der Waals surface area contributed by atoms with Gasteiger partial charge in [0, 0.05) is 4.88 Å². The number of nitrogens with one attached hydrogen (secondary N) is 1. The Kier molecular flexibility index (Phi) is 5.14. The van der Waals surface area contributed by atoms with Gasteiger partial charge in [-0.1, -0.05) is 6.07 Å². The van der Waals surface area contributed by atoms with E-state index < -0.39 is 0 Å². The molecular formula is C13H13Br2FN2S. The SMILES string of the molecule is Cc1cc(C(Cc2ccc(F)c(Br)c2)NN)sc1Br. The average molecular weight is 408 g/mol. The monoisotopic (exact) mass is 406 g/mol. The average Bonchev–Trinajstić information content (AvgIpc) is 2.71. The molecule has 0 spiro atoms. The van der Waals surface area contributed by atoms with Crippen LogP contribution < -0.4 is 11.3 Å². The van der Waals surface area contributed by atoms with E-state index in [1.54, 1.807) is 23.5 Å². The number of rotatable bonds is 4. The molecule has 0 saturated carbocycles. The van der Waals surface area contributed by atoms with Crippen LogP contribution in [0, 0.1) is 12.7 Å².